The second-order valence-electron chi connectivity index (χ2n) is 4.37. The predicted molar refractivity (Wildman–Crippen MR) is 67.9 cm³/mol. The van der Waals surface area contributed by atoms with E-state index in [0.717, 1.165) is 25.9 Å². The molecular formula is C11H14ClN3O3. The highest BCUT2D eigenvalue weighted by Gasteiger charge is 2.25. The Balaban J connectivity index is 2.12. The highest BCUT2D eigenvalue weighted by molar-refractivity contribution is 6.33. The topological polar surface area (TPSA) is 79.5 Å². The number of nitro groups is 1. The number of pyridine rings is 1. The smallest absolute Gasteiger partial charge is 0.289 e. The Morgan fingerprint density at radius 2 is 2.44 bits per heavy atom. The van der Waals surface area contributed by atoms with Gasteiger partial charge in [-0.05, 0) is 18.8 Å². The zero-order valence-corrected chi connectivity index (χ0v) is 10.5. The molecule has 18 heavy (non-hydrogen) atoms. The van der Waals surface area contributed by atoms with Crippen molar-refractivity contribution < 1.29 is 10.0 Å². The van der Waals surface area contributed by atoms with Crippen LogP contribution in [0.15, 0.2) is 12.3 Å². The lowest BCUT2D eigenvalue weighted by Gasteiger charge is -2.18. The first-order chi connectivity index (χ1) is 8.61. The van der Waals surface area contributed by atoms with E-state index in [1.54, 1.807) is 0 Å². The molecular weight excluding hydrogens is 258 g/mol. The number of aromatic nitrogens is 1. The number of hydrogen-bond donors (Lipinski definition) is 1. The van der Waals surface area contributed by atoms with Gasteiger partial charge in [-0.25, -0.2) is 4.98 Å². The first-order valence-electron chi connectivity index (χ1n) is 5.77. The van der Waals surface area contributed by atoms with E-state index in [0.29, 0.717) is 16.8 Å². The Kier molecular flexibility index (Phi) is 3.98. The van der Waals surface area contributed by atoms with E-state index < -0.39 is 4.92 Å². The molecule has 0 radical (unpaired) electrons. The second-order valence-corrected chi connectivity index (χ2v) is 4.78. The number of aliphatic hydroxyl groups is 1. The van der Waals surface area contributed by atoms with E-state index >= 15 is 0 Å². The molecule has 2 rings (SSSR count). The molecule has 0 aromatic carbocycles. The quantitative estimate of drug-likeness (QED) is 0.668. The van der Waals surface area contributed by atoms with Crippen molar-refractivity contribution in [3.05, 3.63) is 27.4 Å². The van der Waals surface area contributed by atoms with Crippen LogP contribution in [-0.4, -0.2) is 34.7 Å². The van der Waals surface area contributed by atoms with Gasteiger partial charge in [0, 0.05) is 25.8 Å². The third kappa shape index (κ3) is 2.70. The molecule has 0 aliphatic carbocycles. The van der Waals surface area contributed by atoms with Crippen LogP contribution in [0.3, 0.4) is 0 Å². The van der Waals surface area contributed by atoms with E-state index in [4.69, 9.17) is 16.7 Å². The molecule has 1 aromatic heterocycles. The van der Waals surface area contributed by atoms with Crippen LogP contribution < -0.4 is 4.90 Å². The predicted octanol–water partition coefficient (Wildman–Crippen LogP) is 1.85. The van der Waals surface area contributed by atoms with Crippen LogP contribution in [0.1, 0.15) is 12.8 Å². The van der Waals surface area contributed by atoms with Crippen LogP contribution in [0.25, 0.3) is 0 Å². The summed E-state index contributed by atoms with van der Waals surface area (Å²) in [6, 6.07) is 1.32. The van der Waals surface area contributed by atoms with E-state index in [9.17, 15) is 10.1 Å². The largest absolute Gasteiger partial charge is 0.396 e. The SMILES string of the molecule is O=[N+]([O-])c1cnc(N2CCC(CCO)C2)c(Cl)c1. The Bertz CT molecular complexity index is 455. The van der Waals surface area contributed by atoms with Gasteiger partial charge in [0.2, 0.25) is 0 Å². The lowest BCUT2D eigenvalue weighted by molar-refractivity contribution is -0.385. The molecule has 0 amide bonds. The van der Waals surface area contributed by atoms with Crippen molar-refractivity contribution in [3.63, 3.8) is 0 Å². The lowest BCUT2D eigenvalue weighted by atomic mass is 10.1. The number of halogens is 1. The summed E-state index contributed by atoms with van der Waals surface area (Å²) in [5.74, 6) is 1.02. The maximum Gasteiger partial charge on any atom is 0.289 e. The van der Waals surface area contributed by atoms with Gasteiger partial charge in [0.15, 0.2) is 0 Å². The molecule has 1 aliphatic heterocycles. The Morgan fingerprint density at radius 1 is 1.67 bits per heavy atom. The maximum atomic E-state index is 10.6. The van der Waals surface area contributed by atoms with Crippen molar-refractivity contribution in [3.8, 4) is 0 Å². The molecule has 7 heteroatoms. The molecule has 1 unspecified atom stereocenters. The number of nitrogens with zero attached hydrogens (tertiary/aromatic N) is 3. The van der Waals surface area contributed by atoms with E-state index in [2.05, 4.69) is 4.98 Å². The average molecular weight is 272 g/mol. The zero-order chi connectivity index (χ0) is 13.1. The van der Waals surface area contributed by atoms with Crippen molar-refractivity contribution in [1.82, 2.24) is 4.98 Å². The minimum Gasteiger partial charge on any atom is -0.396 e. The summed E-state index contributed by atoms with van der Waals surface area (Å²) in [5, 5.41) is 19.8. The van der Waals surface area contributed by atoms with E-state index in [1.807, 2.05) is 4.90 Å². The average Bonchev–Trinajstić information content (AvgIpc) is 2.77. The fourth-order valence-electron chi connectivity index (χ4n) is 2.20. The number of hydrogen-bond acceptors (Lipinski definition) is 5. The van der Waals surface area contributed by atoms with Gasteiger partial charge in [-0.15, -0.1) is 0 Å². The standard InChI is InChI=1S/C11H14ClN3O3/c12-10-5-9(15(17)18)6-13-11(10)14-3-1-8(7-14)2-4-16/h5-6,8,16H,1-4,7H2. The summed E-state index contributed by atoms with van der Waals surface area (Å²) in [6.45, 7) is 1.78. The first kappa shape index (κ1) is 13.0. The molecule has 0 spiro atoms. The first-order valence-corrected chi connectivity index (χ1v) is 6.15. The molecule has 1 aromatic rings. The van der Waals surface area contributed by atoms with Gasteiger partial charge in [-0.3, -0.25) is 10.1 Å². The number of rotatable bonds is 4. The van der Waals surface area contributed by atoms with Gasteiger partial charge in [-0.2, -0.15) is 0 Å². The van der Waals surface area contributed by atoms with Gasteiger partial charge in [0.25, 0.3) is 5.69 Å². The van der Waals surface area contributed by atoms with Crippen molar-refractivity contribution in [2.24, 2.45) is 5.92 Å². The van der Waals surface area contributed by atoms with Crippen LogP contribution in [0, 0.1) is 16.0 Å². The molecule has 1 saturated heterocycles. The summed E-state index contributed by atoms with van der Waals surface area (Å²) in [6.07, 6.45) is 2.97. The minimum atomic E-state index is -0.513. The van der Waals surface area contributed by atoms with Gasteiger partial charge < -0.3 is 10.0 Å². The molecule has 98 valence electrons. The molecule has 1 fully saturated rings. The third-order valence-corrected chi connectivity index (χ3v) is 3.42. The zero-order valence-electron chi connectivity index (χ0n) is 9.75. The molecule has 1 N–H and O–H groups in total. The third-order valence-electron chi connectivity index (χ3n) is 3.14. The monoisotopic (exact) mass is 271 g/mol. The number of anilines is 1. The van der Waals surface area contributed by atoms with Gasteiger partial charge >= 0.3 is 0 Å². The Labute approximate surface area is 109 Å². The summed E-state index contributed by atoms with van der Waals surface area (Å²) < 4.78 is 0. The molecule has 1 aliphatic rings. The molecule has 0 bridgehead atoms. The summed E-state index contributed by atoms with van der Waals surface area (Å²) in [5.41, 5.74) is -0.102. The normalized spacial score (nSPS) is 19.2. The molecule has 0 saturated carbocycles. The fourth-order valence-corrected chi connectivity index (χ4v) is 2.48. The van der Waals surface area contributed by atoms with Crippen LogP contribution in [0.5, 0.6) is 0 Å². The Morgan fingerprint density at radius 3 is 3.06 bits per heavy atom. The fraction of sp³-hybridized carbons (Fsp3) is 0.545. The maximum absolute atomic E-state index is 10.6. The van der Waals surface area contributed by atoms with Crippen LogP contribution in [0.2, 0.25) is 5.02 Å². The van der Waals surface area contributed by atoms with Crippen molar-refractivity contribution in [1.29, 1.82) is 0 Å². The highest BCUT2D eigenvalue weighted by atomic mass is 35.5. The van der Waals surface area contributed by atoms with Crippen molar-refractivity contribution in [2.75, 3.05) is 24.6 Å². The molecule has 1 atom stereocenters. The summed E-state index contributed by atoms with van der Waals surface area (Å²) in [4.78, 5) is 16.1. The lowest BCUT2D eigenvalue weighted by Crippen LogP contribution is -2.21. The van der Waals surface area contributed by atoms with Crippen LogP contribution in [0.4, 0.5) is 11.5 Å². The minimum absolute atomic E-state index is 0.102. The summed E-state index contributed by atoms with van der Waals surface area (Å²) >= 11 is 6.02. The van der Waals surface area contributed by atoms with Gasteiger partial charge in [0.05, 0.1) is 9.95 Å². The summed E-state index contributed by atoms with van der Waals surface area (Å²) in [7, 11) is 0. The molecule has 6 nitrogen and oxygen atoms in total. The van der Waals surface area contributed by atoms with E-state index in [1.165, 1.54) is 12.3 Å². The number of aliphatic hydroxyl groups excluding tert-OH is 1. The van der Waals surface area contributed by atoms with Gasteiger partial charge in [-0.1, -0.05) is 11.6 Å². The van der Waals surface area contributed by atoms with Crippen molar-refractivity contribution >= 4 is 23.1 Å². The second kappa shape index (κ2) is 5.49. The van der Waals surface area contributed by atoms with Crippen molar-refractivity contribution in [2.45, 2.75) is 12.8 Å². The van der Waals surface area contributed by atoms with Crippen LogP contribution >= 0.6 is 11.6 Å². The highest BCUT2D eigenvalue weighted by Crippen LogP contribution is 2.31. The van der Waals surface area contributed by atoms with Gasteiger partial charge in [0.1, 0.15) is 12.0 Å². The van der Waals surface area contributed by atoms with E-state index in [-0.39, 0.29) is 12.3 Å². The molecule has 2 heterocycles. The Hall–Kier alpha value is -1.40. The van der Waals surface area contributed by atoms with Crippen LogP contribution in [-0.2, 0) is 0 Å².